The van der Waals surface area contributed by atoms with Crippen molar-refractivity contribution in [1.29, 1.82) is 0 Å². The lowest BCUT2D eigenvalue weighted by atomic mass is 9.92. The molecule has 0 aliphatic carbocycles. The van der Waals surface area contributed by atoms with Gasteiger partial charge in [-0.25, -0.2) is 4.98 Å². The van der Waals surface area contributed by atoms with Gasteiger partial charge in [-0.05, 0) is 30.9 Å². The predicted octanol–water partition coefficient (Wildman–Crippen LogP) is 2.53. The zero-order valence-electron chi connectivity index (χ0n) is 12.2. The summed E-state index contributed by atoms with van der Waals surface area (Å²) in [6.45, 7) is 2.81. The first-order valence-electron chi connectivity index (χ1n) is 7.33. The van der Waals surface area contributed by atoms with E-state index in [9.17, 15) is 0 Å². The molecule has 1 aromatic heterocycles. The fourth-order valence-electron chi connectivity index (χ4n) is 2.90. The van der Waals surface area contributed by atoms with Crippen LogP contribution in [0, 0.1) is 6.92 Å². The van der Waals surface area contributed by atoms with Crippen LogP contribution in [0.4, 0.5) is 0 Å². The average molecular weight is 303 g/mol. The van der Waals surface area contributed by atoms with Crippen LogP contribution in [0.2, 0.25) is 0 Å². The van der Waals surface area contributed by atoms with E-state index in [1.165, 1.54) is 11.1 Å². The van der Waals surface area contributed by atoms with Crippen LogP contribution in [-0.2, 0) is 17.6 Å². The first-order valence-corrected chi connectivity index (χ1v) is 8.20. The smallest absolute Gasteiger partial charge is 0.0897 e. The molecule has 0 fully saturated rings. The van der Waals surface area contributed by atoms with Gasteiger partial charge >= 0.3 is 0 Å². The summed E-state index contributed by atoms with van der Waals surface area (Å²) in [5.41, 5.74) is 6.73. The molecule has 4 nitrogen and oxygen atoms in total. The van der Waals surface area contributed by atoms with Crippen LogP contribution in [0.3, 0.4) is 0 Å². The molecular weight excluding hydrogens is 282 g/mol. The summed E-state index contributed by atoms with van der Waals surface area (Å²) in [7, 11) is 0. The van der Waals surface area contributed by atoms with Crippen LogP contribution in [0.15, 0.2) is 29.6 Å². The summed E-state index contributed by atoms with van der Waals surface area (Å²) in [5, 5.41) is 3.20. The Balaban J connectivity index is 1.70. The molecule has 3 rings (SSSR count). The molecule has 0 spiro atoms. The molecule has 0 radical (unpaired) electrons. The van der Waals surface area contributed by atoms with Crippen LogP contribution in [0.25, 0.3) is 0 Å². The standard InChI is InChI=1S/C16H21N3OS/c1-11-18-14(10-21-11)8-13(19-17)9-16-15-5-3-2-4-12(15)6-7-20-16/h2-5,10,13,16,19H,6-9,17H2,1H3. The Bertz CT molecular complexity index is 599. The van der Waals surface area contributed by atoms with Crippen molar-refractivity contribution < 1.29 is 4.74 Å². The number of aromatic nitrogens is 1. The van der Waals surface area contributed by atoms with E-state index in [0.717, 1.165) is 36.6 Å². The third-order valence-corrected chi connectivity index (χ3v) is 4.77. The van der Waals surface area contributed by atoms with Crippen molar-refractivity contribution in [1.82, 2.24) is 10.4 Å². The van der Waals surface area contributed by atoms with Crippen LogP contribution in [-0.4, -0.2) is 17.6 Å². The molecule has 1 aliphatic rings. The number of hydrogen-bond donors (Lipinski definition) is 2. The molecular formula is C16H21N3OS. The number of thiazole rings is 1. The first kappa shape index (κ1) is 14.7. The third-order valence-electron chi connectivity index (χ3n) is 3.95. The highest BCUT2D eigenvalue weighted by Gasteiger charge is 2.24. The van der Waals surface area contributed by atoms with E-state index in [4.69, 9.17) is 10.6 Å². The number of ether oxygens (including phenoxy) is 1. The van der Waals surface area contributed by atoms with Gasteiger partial charge in [0.1, 0.15) is 0 Å². The summed E-state index contributed by atoms with van der Waals surface area (Å²) in [6.07, 6.45) is 2.82. The third kappa shape index (κ3) is 3.49. The summed E-state index contributed by atoms with van der Waals surface area (Å²) < 4.78 is 5.97. The van der Waals surface area contributed by atoms with Crippen molar-refractivity contribution >= 4 is 11.3 Å². The zero-order chi connectivity index (χ0) is 14.7. The zero-order valence-corrected chi connectivity index (χ0v) is 13.0. The minimum atomic E-state index is 0.121. The van der Waals surface area contributed by atoms with Gasteiger partial charge in [0, 0.05) is 17.8 Å². The Morgan fingerprint density at radius 3 is 3.10 bits per heavy atom. The van der Waals surface area contributed by atoms with E-state index in [0.29, 0.717) is 0 Å². The highest BCUT2D eigenvalue weighted by molar-refractivity contribution is 7.09. The second-order valence-corrected chi connectivity index (χ2v) is 6.53. The number of rotatable bonds is 5. The number of benzene rings is 1. The number of nitrogens with one attached hydrogen (secondary N) is 1. The maximum Gasteiger partial charge on any atom is 0.0897 e. The molecule has 112 valence electrons. The average Bonchev–Trinajstić information content (AvgIpc) is 2.92. The van der Waals surface area contributed by atoms with Crippen molar-refractivity contribution in [2.75, 3.05) is 6.61 Å². The molecule has 0 saturated heterocycles. The van der Waals surface area contributed by atoms with Gasteiger partial charge in [0.05, 0.1) is 23.4 Å². The molecule has 0 amide bonds. The molecule has 2 aromatic rings. The van der Waals surface area contributed by atoms with Gasteiger partial charge in [0.25, 0.3) is 0 Å². The van der Waals surface area contributed by atoms with E-state index < -0.39 is 0 Å². The van der Waals surface area contributed by atoms with Gasteiger partial charge < -0.3 is 4.74 Å². The lowest BCUT2D eigenvalue weighted by Crippen LogP contribution is -2.39. The summed E-state index contributed by atoms with van der Waals surface area (Å²) in [5.74, 6) is 5.73. The first-order chi connectivity index (χ1) is 10.3. The fraction of sp³-hybridized carbons (Fsp3) is 0.438. The molecule has 1 aliphatic heterocycles. The van der Waals surface area contributed by atoms with Gasteiger partial charge in [0.15, 0.2) is 0 Å². The lowest BCUT2D eigenvalue weighted by Gasteiger charge is -2.29. The topological polar surface area (TPSA) is 60.2 Å². The minimum absolute atomic E-state index is 0.121. The normalized spacial score (nSPS) is 19.2. The highest BCUT2D eigenvalue weighted by atomic mass is 32.1. The van der Waals surface area contributed by atoms with Crippen molar-refractivity contribution in [3.05, 3.63) is 51.5 Å². The number of nitrogens with zero attached hydrogens (tertiary/aromatic N) is 1. The molecule has 0 saturated carbocycles. The Morgan fingerprint density at radius 1 is 1.48 bits per heavy atom. The van der Waals surface area contributed by atoms with Crippen molar-refractivity contribution in [3.63, 3.8) is 0 Å². The van der Waals surface area contributed by atoms with Crippen LogP contribution in [0.5, 0.6) is 0 Å². The van der Waals surface area contributed by atoms with Gasteiger partial charge in [-0.15, -0.1) is 11.3 Å². The van der Waals surface area contributed by atoms with Gasteiger partial charge in [0.2, 0.25) is 0 Å². The van der Waals surface area contributed by atoms with Gasteiger partial charge in [-0.2, -0.15) is 0 Å². The number of hydrogen-bond acceptors (Lipinski definition) is 5. The van der Waals surface area contributed by atoms with E-state index in [1.807, 2.05) is 6.92 Å². The van der Waals surface area contributed by atoms with Gasteiger partial charge in [-0.3, -0.25) is 11.3 Å². The maximum absolute atomic E-state index is 5.97. The monoisotopic (exact) mass is 303 g/mol. The Kier molecular flexibility index (Phi) is 4.65. The Labute approximate surface area is 129 Å². The minimum Gasteiger partial charge on any atom is -0.373 e. The SMILES string of the molecule is Cc1nc(CC(CC2OCCc3ccccc32)NN)cs1. The Morgan fingerprint density at radius 2 is 2.33 bits per heavy atom. The second-order valence-electron chi connectivity index (χ2n) is 5.47. The number of hydrazine groups is 1. The summed E-state index contributed by atoms with van der Waals surface area (Å²) >= 11 is 1.68. The molecule has 2 atom stereocenters. The van der Waals surface area contributed by atoms with E-state index >= 15 is 0 Å². The van der Waals surface area contributed by atoms with Crippen molar-refractivity contribution in [2.45, 2.75) is 38.3 Å². The van der Waals surface area contributed by atoms with E-state index in [-0.39, 0.29) is 12.1 Å². The van der Waals surface area contributed by atoms with Gasteiger partial charge in [-0.1, -0.05) is 24.3 Å². The molecule has 21 heavy (non-hydrogen) atoms. The Hall–Kier alpha value is -1.27. The molecule has 2 unspecified atom stereocenters. The second kappa shape index (κ2) is 6.66. The maximum atomic E-state index is 5.97. The molecule has 0 bridgehead atoms. The summed E-state index contributed by atoms with van der Waals surface area (Å²) in [4.78, 5) is 4.52. The largest absolute Gasteiger partial charge is 0.373 e. The number of aryl methyl sites for hydroxylation is 1. The predicted molar refractivity (Wildman–Crippen MR) is 85.1 cm³/mol. The molecule has 5 heteroatoms. The van der Waals surface area contributed by atoms with E-state index in [2.05, 4.69) is 40.1 Å². The van der Waals surface area contributed by atoms with Crippen molar-refractivity contribution in [3.8, 4) is 0 Å². The van der Waals surface area contributed by atoms with Crippen LogP contribution in [0.1, 0.15) is 34.4 Å². The summed E-state index contributed by atoms with van der Waals surface area (Å²) in [6, 6.07) is 8.70. The highest BCUT2D eigenvalue weighted by Crippen LogP contribution is 2.30. The lowest BCUT2D eigenvalue weighted by molar-refractivity contribution is 0.0294. The fourth-order valence-corrected chi connectivity index (χ4v) is 3.52. The quantitative estimate of drug-likeness (QED) is 0.658. The van der Waals surface area contributed by atoms with Crippen LogP contribution >= 0.6 is 11.3 Å². The number of fused-ring (bicyclic) bond motifs is 1. The molecule has 3 N–H and O–H groups in total. The van der Waals surface area contributed by atoms with Crippen LogP contribution < -0.4 is 11.3 Å². The number of nitrogens with two attached hydrogens (primary N) is 1. The van der Waals surface area contributed by atoms with Crippen molar-refractivity contribution in [2.24, 2.45) is 5.84 Å². The molecule has 2 heterocycles. The van der Waals surface area contributed by atoms with E-state index in [1.54, 1.807) is 11.3 Å². The molecule has 1 aromatic carbocycles.